The number of benzene rings is 2. The minimum absolute atomic E-state index is 0.0133. The summed E-state index contributed by atoms with van der Waals surface area (Å²) < 4.78 is 35.4. The maximum absolute atomic E-state index is 15.5. The first kappa shape index (κ1) is 43.4. The van der Waals surface area contributed by atoms with Crippen molar-refractivity contribution >= 4 is 35.6 Å². The highest BCUT2D eigenvalue weighted by molar-refractivity contribution is 5.96. The molecule has 1 aromatic heterocycles. The number of aliphatic hydroxyl groups excluding tert-OH is 2. The van der Waals surface area contributed by atoms with Crippen molar-refractivity contribution in [2.75, 3.05) is 6.61 Å². The van der Waals surface area contributed by atoms with Crippen LogP contribution in [0.5, 0.6) is 0 Å². The largest absolute Gasteiger partial charge is 0.459 e. The van der Waals surface area contributed by atoms with E-state index < -0.39 is 113 Å². The molecule has 2 aromatic carbocycles. The third-order valence-electron chi connectivity index (χ3n) is 13.2. The maximum Gasteiger partial charge on any atom is 0.338 e. The van der Waals surface area contributed by atoms with Crippen molar-refractivity contribution in [1.82, 2.24) is 5.32 Å². The van der Waals surface area contributed by atoms with Crippen LogP contribution >= 0.6 is 0 Å². The summed E-state index contributed by atoms with van der Waals surface area (Å²) in [6.07, 6.45) is -9.31. The lowest BCUT2D eigenvalue weighted by molar-refractivity contribution is -0.346. The molecule has 61 heavy (non-hydrogen) atoms. The Morgan fingerprint density at radius 3 is 2.11 bits per heavy atom. The SMILES string of the molecule is CC(=O)O[C@H]1C(=O)[C@]2(C)[C@@H](O)C[C@H]3OC[C@]3(OC(C)=O)[C@@H]2[C@@H](OC(=O)c2ccccc2)[C@]2(O)C[C@@H](OC(=O)[C@H](O)[C@@H](NC(=O)c3ccco3)c3ccccc3)C(C)=C1C2(C)C. The van der Waals surface area contributed by atoms with Crippen molar-refractivity contribution in [2.45, 2.75) is 108 Å². The maximum atomic E-state index is 15.5. The molecule has 3 fully saturated rings. The summed E-state index contributed by atoms with van der Waals surface area (Å²) >= 11 is 0. The zero-order chi connectivity index (χ0) is 44.2. The van der Waals surface area contributed by atoms with Crippen molar-refractivity contribution in [1.29, 1.82) is 0 Å². The van der Waals surface area contributed by atoms with E-state index in [-0.39, 0.29) is 35.5 Å². The zero-order valence-corrected chi connectivity index (χ0v) is 34.5. The molecule has 1 aliphatic heterocycles. The first-order valence-electron chi connectivity index (χ1n) is 20.0. The highest BCUT2D eigenvalue weighted by atomic mass is 16.6. The number of hydrogen-bond donors (Lipinski definition) is 4. The predicted molar refractivity (Wildman–Crippen MR) is 210 cm³/mol. The third-order valence-corrected chi connectivity index (χ3v) is 13.2. The van der Waals surface area contributed by atoms with Crippen LogP contribution in [-0.4, -0.2) is 105 Å². The van der Waals surface area contributed by atoms with Gasteiger partial charge in [0.2, 0.25) is 0 Å². The molecule has 2 bridgehead atoms. The number of carbonyl (C=O) groups excluding carboxylic acids is 6. The van der Waals surface area contributed by atoms with Crippen LogP contribution in [-0.2, 0) is 42.9 Å². The van der Waals surface area contributed by atoms with E-state index in [1.54, 1.807) is 62.4 Å². The van der Waals surface area contributed by atoms with Gasteiger partial charge < -0.3 is 48.7 Å². The first-order valence-corrected chi connectivity index (χ1v) is 20.0. The van der Waals surface area contributed by atoms with Gasteiger partial charge >= 0.3 is 23.9 Å². The summed E-state index contributed by atoms with van der Waals surface area (Å²) in [7, 11) is 0. The molecule has 16 heteroatoms. The zero-order valence-electron chi connectivity index (χ0n) is 34.5. The Labute approximate surface area is 351 Å². The van der Waals surface area contributed by atoms with Crippen LogP contribution in [0.2, 0.25) is 0 Å². The number of fused-ring (bicyclic) bond motifs is 5. The molecule has 2 heterocycles. The number of nitrogens with one attached hydrogen (secondary N) is 1. The van der Waals surface area contributed by atoms with Crippen LogP contribution in [0.4, 0.5) is 0 Å². The van der Waals surface area contributed by atoms with Crippen molar-refractivity contribution in [3.8, 4) is 0 Å². The molecule has 4 N–H and O–H groups in total. The van der Waals surface area contributed by atoms with Gasteiger partial charge in [-0.15, -0.1) is 0 Å². The van der Waals surface area contributed by atoms with Crippen LogP contribution in [0.3, 0.4) is 0 Å². The lowest BCUT2D eigenvalue weighted by atomic mass is 9.44. The molecule has 0 radical (unpaired) electrons. The Balaban J connectivity index is 1.39. The van der Waals surface area contributed by atoms with Gasteiger partial charge in [0.05, 0.1) is 41.9 Å². The standard InChI is InChI=1S/C45H49NO15/c1-23-29(59-41(54)34(50)33(26-14-9-7-10-15-26)46-39(52)28-18-13-19-56-28)21-45(55)38(60-40(53)27-16-11-8-12-17-27)36-43(6,30(49)20-31-44(36,22-57-31)61-25(3)48)37(51)35(58-24(2)47)32(23)42(45,4)5/h7-19,29-31,33-36,38,49-50,55H,20-22H2,1-6H3,(H,46,52)/t29-,30+,31-,33+,34-,35-,36-,38-,43-,44-,45-/m1/s1. The Morgan fingerprint density at radius 1 is 0.885 bits per heavy atom. The highest BCUT2D eigenvalue weighted by Gasteiger charge is 2.78. The van der Waals surface area contributed by atoms with Crippen LogP contribution in [0.1, 0.15) is 86.9 Å². The molecule has 0 spiro atoms. The fraction of sp³-hybridized carbons (Fsp3) is 0.467. The summed E-state index contributed by atoms with van der Waals surface area (Å²) in [6.45, 7) is 7.92. The first-order chi connectivity index (χ1) is 28.8. The van der Waals surface area contributed by atoms with Gasteiger partial charge in [-0.2, -0.15) is 0 Å². The number of rotatable bonds is 10. The number of ketones is 1. The van der Waals surface area contributed by atoms with Gasteiger partial charge in [-0.25, -0.2) is 9.59 Å². The molecule has 324 valence electrons. The van der Waals surface area contributed by atoms with E-state index in [2.05, 4.69) is 5.32 Å². The Morgan fingerprint density at radius 2 is 1.54 bits per heavy atom. The molecular weight excluding hydrogens is 794 g/mol. The number of furan rings is 1. The Hall–Kier alpha value is -5.68. The van der Waals surface area contributed by atoms with Gasteiger partial charge in [0.1, 0.15) is 23.9 Å². The molecule has 1 amide bonds. The van der Waals surface area contributed by atoms with Gasteiger partial charge in [-0.3, -0.25) is 19.2 Å². The topological polar surface area (TPSA) is 234 Å². The molecule has 1 saturated heterocycles. The molecule has 0 unspecified atom stereocenters. The normalized spacial score (nSPS) is 32.2. The van der Waals surface area contributed by atoms with E-state index in [1.165, 1.54) is 44.4 Å². The minimum atomic E-state index is -2.40. The molecule has 7 rings (SSSR count). The van der Waals surface area contributed by atoms with Gasteiger partial charge in [0.15, 0.2) is 29.4 Å². The van der Waals surface area contributed by atoms with E-state index >= 15 is 4.79 Å². The van der Waals surface area contributed by atoms with E-state index in [4.69, 9.17) is 28.1 Å². The summed E-state index contributed by atoms with van der Waals surface area (Å²) in [5.41, 5.74) is -7.37. The second-order valence-electron chi connectivity index (χ2n) is 17.0. The number of aliphatic hydroxyl groups is 3. The Bertz CT molecular complexity index is 2240. The van der Waals surface area contributed by atoms with E-state index in [0.29, 0.717) is 5.56 Å². The molecule has 16 nitrogen and oxygen atoms in total. The minimum Gasteiger partial charge on any atom is -0.459 e. The van der Waals surface area contributed by atoms with E-state index in [1.807, 2.05) is 0 Å². The van der Waals surface area contributed by atoms with Gasteiger partial charge in [-0.1, -0.05) is 62.4 Å². The average molecular weight is 844 g/mol. The number of amides is 1. The third kappa shape index (κ3) is 7.14. The Kier molecular flexibility index (Phi) is 11.4. The average Bonchev–Trinajstić information content (AvgIpc) is 3.77. The van der Waals surface area contributed by atoms with Crippen molar-refractivity contribution in [3.63, 3.8) is 0 Å². The van der Waals surface area contributed by atoms with Crippen LogP contribution in [0, 0.1) is 16.7 Å². The van der Waals surface area contributed by atoms with E-state index in [9.17, 15) is 39.3 Å². The second kappa shape index (κ2) is 16.0. The number of esters is 4. The summed E-state index contributed by atoms with van der Waals surface area (Å²) in [5.74, 6) is -7.15. The molecule has 3 aliphatic carbocycles. The quantitative estimate of drug-likeness (QED) is 0.130. The smallest absolute Gasteiger partial charge is 0.338 e. The summed E-state index contributed by atoms with van der Waals surface area (Å²) in [6, 6.07) is 17.5. The monoisotopic (exact) mass is 843 g/mol. The lowest BCUT2D eigenvalue weighted by Gasteiger charge is -2.67. The van der Waals surface area contributed by atoms with Crippen molar-refractivity contribution in [2.24, 2.45) is 16.7 Å². The lowest BCUT2D eigenvalue weighted by Crippen LogP contribution is -2.82. The molecule has 3 aromatic rings. The van der Waals surface area contributed by atoms with Gasteiger partial charge in [0, 0.05) is 32.1 Å². The molecular formula is C45H49NO15. The number of Topliss-reactive ketones (excluding diaryl/α,β-unsaturated/α-hetero) is 1. The van der Waals surface area contributed by atoms with Crippen LogP contribution < -0.4 is 5.32 Å². The summed E-state index contributed by atoms with van der Waals surface area (Å²) in [4.78, 5) is 83.1. The number of hydrogen-bond acceptors (Lipinski definition) is 15. The highest BCUT2D eigenvalue weighted by Crippen LogP contribution is 2.64. The van der Waals surface area contributed by atoms with Gasteiger partial charge in [0.25, 0.3) is 5.91 Å². The predicted octanol–water partition coefficient (Wildman–Crippen LogP) is 3.33. The van der Waals surface area contributed by atoms with Crippen LogP contribution in [0.25, 0.3) is 0 Å². The van der Waals surface area contributed by atoms with E-state index in [0.717, 1.165) is 13.8 Å². The number of carbonyl (C=O) groups is 6. The number of ether oxygens (including phenoxy) is 5. The second-order valence-corrected chi connectivity index (χ2v) is 17.0. The van der Waals surface area contributed by atoms with Crippen molar-refractivity contribution < 1.29 is 72.2 Å². The molecule has 4 aliphatic rings. The molecule has 2 saturated carbocycles. The fourth-order valence-corrected chi connectivity index (χ4v) is 9.99. The van der Waals surface area contributed by atoms with Crippen molar-refractivity contribution in [3.05, 3.63) is 107 Å². The molecule has 11 atom stereocenters. The fourth-order valence-electron chi connectivity index (χ4n) is 9.99. The van der Waals surface area contributed by atoms with Gasteiger partial charge in [-0.05, 0) is 54.8 Å². The van der Waals surface area contributed by atoms with Crippen LogP contribution in [0.15, 0.2) is 94.6 Å². The summed E-state index contributed by atoms with van der Waals surface area (Å²) in [5, 5.41) is 40.0.